The largest absolute Gasteiger partial charge is 0.376 e. The first-order valence-corrected chi connectivity index (χ1v) is 12.3. The van der Waals surface area contributed by atoms with Gasteiger partial charge >= 0.3 is 5.69 Å². The summed E-state index contributed by atoms with van der Waals surface area (Å²) in [6.45, 7) is 1.36. The molecule has 0 saturated carbocycles. The Morgan fingerprint density at radius 3 is 2.84 bits per heavy atom. The van der Waals surface area contributed by atoms with Gasteiger partial charge in [-0.25, -0.2) is 4.79 Å². The van der Waals surface area contributed by atoms with Gasteiger partial charge in [-0.2, -0.15) is 4.98 Å². The Labute approximate surface area is 191 Å². The third-order valence-electron chi connectivity index (χ3n) is 6.26. The third kappa shape index (κ3) is 4.45. The lowest BCUT2D eigenvalue weighted by Crippen LogP contribution is -2.34. The molecule has 6 nitrogen and oxygen atoms in total. The van der Waals surface area contributed by atoms with Crippen LogP contribution in [0.1, 0.15) is 36.9 Å². The van der Waals surface area contributed by atoms with E-state index in [0.29, 0.717) is 11.6 Å². The zero-order valence-corrected chi connectivity index (χ0v) is 18.8. The van der Waals surface area contributed by atoms with Gasteiger partial charge in [0.05, 0.1) is 18.4 Å². The zero-order chi connectivity index (χ0) is 21.9. The van der Waals surface area contributed by atoms with E-state index in [1.54, 1.807) is 0 Å². The summed E-state index contributed by atoms with van der Waals surface area (Å²) in [7, 11) is 0. The van der Waals surface area contributed by atoms with Gasteiger partial charge in [-0.15, -0.1) is 0 Å². The first kappa shape index (κ1) is 21.2. The lowest BCUT2D eigenvalue weighted by atomic mass is 9.97. The molecule has 7 heteroatoms. The number of thioether (sulfide) groups is 1. The van der Waals surface area contributed by atoms with Crippen molar-refractivity contribution in [3.05, 3.63) is 64.2 Å². The van der Waals surface area contributed by atoms with Crippen molar-refractivity contribution < 1.29 is 9.53 Å². The second kappa shape index (κ2) is 9.46. The summed E-state index contributed by atoms with van der Waals surface area (Å²) in [6, 6.07) is 13.9. The van der Waals surface area contributed by atoms with Crippen LogP contribution in [0.25, 0.3) is 10.8 Å². The number of carbonyl (C=O) groups is 1. The van der Waals surface area contributed by atoms with Gasteiger partial charge in [-0.1, -0.05) is 48.2 Å². The topological polar surface area (TPSA) is 73.2 Å². The fourth-order valence-corrected chi connectivity index (χ4v) is 5.58. The van der Waals surface area contributed by atoms with Gasteiger partial charge in [0.15, 0.2) is 0 Å². The van der Waals surface area contributed by atoms with E-state index >= 15 is 0 Å². The number of hydrogen-bond donors (Lipinski definition) is 1. The maximum absolute atomic E-state index is 12.9. The molecule has 0 unspecified atom stereocenters. The van der Waals surface area contributed by atoms with E-state index in [-0.39, 0.29) is 23.5 Å². The summed E-state index contributed by atoms with van der Waals surface area (Å²) in [5.41, 5.74) is 2.80. The molecule has 0 radical (unpaired) electrons. The quantitative estimate of drug-likeness (QED) is 0.451. The van der Waals surface area contributed by atoms with Gasteiger partial charge in [0, 0.05) is 28.9 Å². The van der Waals surface area contributed by atoms with E-state index in [2.05, 4.69) is 10.3 Å². The molecule has 166 valence electrons. The maximum Gasteiger partial charge on any atom is 0.348 e. The van der Waals surface area contributed by atoms with Crippen molar-refractivity contribution in [2.24, 2.45) is 0 Å². The van der Waals surface area contributed by atoms with Crippen molar-refractivity contribution in [3.8, 4) is 0 Å². The summed E-state index contributed by atoms with van der Waals surface area (Å²) in [5.74, 6) is 0.124. The van der Waals surface area contributed by atoms with Crippen LogP contribution in [0.15, 0.2) is 52.3 Å². The Balaban J connectivity index is 1.33. The highest BCUT2D eigenvalue weighted by Crippen LogP contribution is 2.30. The van der Waals surface area contributed by atoms with Gasteiger partial charge in [-0.05, 0) is 50.0 Å². The van der Waals surface area contributed by atoms with Gasteiger partial charge in [0.25, 0.3) is 0 Å². The van der Waals surface area contributed by atoms with E-state index in [4.69, 9.17) is 4.74 Å². The highest BCUT2D eigenvalue weighted by Gasteiger charge is 2.24. The molecule has 1 aromatic heterocycles. The van der Waals surface area contributed by atoms with Crippen LogP contribution in [0.5, 0.6) is 0 Å². The van der Waals surface area contributed by atoms with Crippen LogP contribution in [-0.2, 0) is 28.9 Å². The molecule has 0 spiro atoms. The van der Waals surface area contributed by atoms with Crippen LogP contribution < -0.4 is 11.0 Å². The number of aromatic nitrogens is 2. The van der Waals surface area contributed by atoms with Gasteiger partial charge < -0.3 is 10.1 Å². The van der Waals surface area contributed by atoms with Crippen molar-refractivity contribution in [1.29, 1.82) is 0 Å². The van der Waals surface area contributed by atoms with Crippen LogP contribution in [-0.4, -0.2) is 33.9 Å². The number of carbonyl (C=O) groups excluding carboxylic acids is 1. The van der Waals surface area contributed by atoms with E-state index in [1.165, 1.54) is 11.8 Å². The Bertz CT molecular complexity index is 1200. The molecule has 1 saturated heterocycles. The number of amides is 1. The van der Waals surface area contributed by atoms with Gasteiger partial charge in [-0.3, -0.25) is 9.36 Å². The minimum Gasteiger partial charge on any atom is -0.376 e. The Morgan fingerprint density at radius 1 is 1.12 bits per heavy atom. The molecule has 5 rings (SSSR count). The molecule has 1 atom stereocenters. The second-order valence-corrected chi connectivity index (χ2v) is 9.41. The number of ether oxygens (including phenoxy) is 1. The van der Waals surface area contributed by atoms with E-state index in [9.17, 15) is 9.59 Å². The summed E-state index contributed by atoms with van der Waals surface area (Å²) < 4.78 is 7.58. The Kier molecular flexibility index (Phi) is 6.28. The number of anilines is 1. The SMILES string of the molecule is O=C(CSc1nc(=O)n(C[C@@H]2CCCO2)c2c1CCCC2)Nc1cccc2ccccc12. The molecule has 2 aliphatic rings. The van der Waals surface area contributed by atoms with Crippen molar-refractivity contribution in [2.75, 3.05) is 17.7 Å². The fraction of sp³-hybridized carbons (Fsp3) is 0.400. The molecular formula is C25H27N3O3S. The lowest BCUT2D eigenvalue weighted by molar-refractivity contribution is -0.113. The van der Waals surface area contributed by atoms with Crippen LogP contribution in [0.3, 0.4) is 0 Å². The maximum atomic E-state index is 12.9. The molecule has 3 aromatic rings. The van der Waals surface area contributed by atoms with Crippen LogP contribution in [0.4, 0.5) is 5.69 Å². The minimum atomic E-state index is -0.224. The summed E-state index contributed by atoms with van der Waals surface area (Å²) in [6.07, 6.45) is 6.10. The molecular weight excluding hydrogens is 422 g/mol. The highest BCUT2D eigenvalue weighted by atomic mass is 32.2. The first-order chi connectivity index (χ1) is 15.7. The van der Waals surface area contributed by atoms with Gasteiger partial charge in [0.1, 0.15) is 5.03 Å². The zero-order valence-electron chi connectivity index (χ0n) is 18.0. The molecule has 1 amide bonds. The summed E-state index contributed by atoms with van der Waals surface area (Å²) in [4.78, 5) is 30.0. The number of benzene rings is 2. The van der Waals surface area contributed by atoms with E-state index in [0.717, 1.165) is 72.8 Å². The van der Waals surface area contributed by atoms with Gasteiger partial charge in [0.2, 0.25) is 5.91 Å². The number of nitrogens with zero attached hydrogens (tertiary/aromatic N) is 2. The Hall–Kier alpha value is -2.64. The molecule has 1 aliphatic heterocycles. The molecule has 0 bridgehead atoms. The molecule has 2 aromatic carbocycles. The molecule has 32 heavy (non-hydrogen) atoms. The van der Waals surface area contributed by atoms with Crippen molar-refractivity contribution in [2.45, 2.75) is 56.2 Å². The average molecular weight is 450 g/mol. The fourth-order valence-electron chi connectivity index (χ4n) is 4.70. The molecule has 1 aliphatic carbocycles. The van der Waals surface area contributed by atoms with Crippen molar-refractivity contribution >= 4 is 34.1 Å². The first-order valence-electron chi connectivity index (χ1n) is 11.3. The molecule has 1 fully saturated rings. The number of hydrogen-bond acceptors (Lipinski definition) is 5. The normalized spacial score (nSPS) is 17.9. The number of rotatable bonds is 6. The monoisotopic (exact) mass is 449 g/mol. The Morgan fingerprint density at radius 2 is 1.97 bits per heavy atom. The van der Waals surface area contributed by atoms with Crippen LogP contribution >= 0.6 is 11.8 Å². The predicted molar refractivity (Wildman–Crippen MR) is 127 cm³/mol. The van der Waals surface area contributed by atoms with Crippen LogP contribution in [0, 0.1) is 0 Å². The van der Waals surface area contributed by atoms with Crippen molar-refractivity contribution in [3.63, 3.8) is 0 Å². The average Bonchev–Trinajstić information content (AvgIpc) is 3.33. The smallest absolute Gasteiger partial charge is 0.348 e. The minimum absolute atomic E-state index is 0.0961. The number of fused-ring (bicyclic) bond motifs is 2. The van der Waals surface area contributed by atoms with Crippen LogP contribution in [0.2, 0.25) is 0 Å². The molecule has 1 N–H and O–H groups in total. The standard InChI is InChI=1S/C25H27N3O3S/c29-23(26-21-12-5-8-17-7-1-2-10-19(17)21)16-32-24-20-11-3-4-13-22(20)28(25(30)27-24)15-18-9-6-14-31-18/h1-2,5,7-8,10,12,18H,3-4,6,9,11,13-16H2,(H,26,29)/t18-/m0/s1. The molecule has 2 heterocycles. The van der Waals surface area contributed by atoms with Crippen molar-refractivity contribution in [1.82, 2.24) is 9.55 Å². The summed E-state index contributed by atoms with van der Waals surface area (Å²) >= 11 is 1.37. The van der Waals surface area contributed by atoms with E-state index in [1.807, 2.05) is 47.0 Å². The second-order valence-electron chi connectivity index (χ2n) is 8.44. The third-order valence-corrected chi connectivity index (χ3v) is 7.28. The van der Waals surface area contributed by atoms with E-state index < -0.39 is 0 Å². The highest BCUT2D eigenvalue weighted by molar-refractivity contribution is 8.00. The number of nitrogens with one attached hydrogen (secondary N) is 1. The predicted octanol–water partition coefficient (Wildman–Crippen LogP) is 4.19. The summed E-state index contributed by atoms with van der Waals surface area (Å²) in [5, 5.41) is 5.83. The lowest BCUT2D eigenvalue weighted by Gasteiger charge is -2.24.